The van der Waals surface area contributed by atoms with Crippen molar-refractivity contribution in [3.8, 4) is 5.69 Å². The van der Waals surface area contributed by atoms with Crippen LogP contribution in [0.15, 0.2) is 42.6 Å². The van der Waals surface area contributed by atoms with Crippen LogP contribution in [0, 0.1) is 13.8 Å². The van der Waals surface area contributed by atoms with Crippen molar-refractivity contribution in [2.24, 2.45) is 7.05 Å². The number of para-hydroxylation sites is 1. The molecule has 158 valence electrons. The highest BCUT2D eigenvalue weighted by Crippen LogP contribution is 2.40. The van der Waals surface area contributed by atoms with Crippen molar-refractivity contribution in [3.63, 3.8) is 0 Å². The quantitative estimate of drug-likeness (QED) is 0.532. The molecule has 0 bridgehead atoms. The number of pyridine rings is 1. The molecule has 1 aliphatic carbocycles. The second kappa shape index (κ2) is 7.34. The zero-order valence-corrected chi connectivity index (χ0v) is 18.3. The predicted molar refractivity (Wildman–Crippen MR) is 119 cm³/mol. The zero-order valence-electron chi connectivity index (χ0n) is 18.3. The van der Waals surface area contributed by atoms with Crippen LogP contribution in [0.1, 0.15) is 64.7 Å². The summed E-state index contributed by atoms with van der Waals surface area (Å²) in [6.45, 7) is 5.93. The summed E-state index contributed by atoms with van der Waals surface area (Å²) in [4.78, 5) is 18.4. The van der Waals surface area contributed by atoms with Crippen molar-refractivity contribution >= 4 is 16.9 Å². The second-order valence-electron chi connectivity index (χ2n) is 8.40. The van der Waals surface area contributed by atoms with Crippen molar-refractivity contribution < 1.29 is 4.79 Å². The summed E-state index contributed by atoms with van der Waals surface area (Å²) >= 11 is 0. The first-order chi connectivity index (χ1) is 14.9. The van der Waals surface area contributed by atoms with Crippen molar-refractivity contribution in [1.82, 2.24) is 29.9 Å². The van der Waals surface area contributed by atoms with E-state index in [0.717, 1.165) is 52.2 Å². The molecule has 5 rings (SSSR count). The number of amides is 1. The Morgan fingerprint density at radius 3 is 2.58 bits per heavy atom. The molecular formula is C24H26N6O. The highest BCUT2D eigenvalue weighted by molar-refractivity contribution is 6.07. The molecule has 1 N–H and O–H groups in total. The fourth-order valence-electron chi connectivity index (χ4n) is 4.12. The van der Waals surface area contributed by atoms with E-state index in [1.165, 1.54) is 0 Å². The molecule has 1 fully saturated rings. The smallest absolute Gasteiger partial charge is 0.252 e. The summed E-state index contributed by atoms with van der Waals surface area (Å²) in [7, 11) is 1.91. The third-order valence-corrected chi connectivity index (χ3v) is 6.16. The van der Waals surface area contributed by atoms with Crippen molar-refractivity contribution in [1.29, 1.82) is 0 Å². The normalized spacial score (nSPS) is 14.7. The van der Waals surface area contributed by atoms with E-state index in [0.29, 0.717) is 11.5 Å². The molecule has 1 amide bonds. The van der Waals surface area contributed by atoms with Gasteiger partial charge in [0.1, 0.15) is 0 Å². The molecule has 7 nitrogen and oxygen atoms in total. The number of hydrogen-bond donors (Lipinski definition) is 1. The molecule has 3 heterocycles. The van der Waals surface area contributed by atoms with Crippen molar-refractivity contribution in [2.45, 2.75) is 45.6 Å². The van der Waals surface area contributed by atoms with Crippen LogP contribution in [0.4, 0.5) is 0 Å². The average Bonchev–Trinajstić information content (AvgIpc) is 3.50. The summed E-state index contributed by atoms with van der Waals surface area (Å²) in [6.07, 6.45) is 4.04. The highest BCUT2D eigenvalue weighted by atomic mass is 16.1. The molecule has 3 aromatic heterocycles. The van der Waals surface area contributed by atoms with E-state index in [4.69, 9.17) is 10.1 Å². The number of fused-ring (bicyclic) bond motifs is 1. The third-order valence-electron chi connectivity index (χ3n) is 6.16. The summed E-state index contributed by atoms with van der Waals surface area (Å²) < 4.78 is 3.67. The number of aromatic nitrogens is 5. The summed E-state index contributed by atoms with van der Waals surface area (Å²) in [5, 5.41) is 13.0. The van der Waals surface area contributed by atoms with Gasteiger partial charge in [0.15, 0.2) is 5.65 Å². The Bertz CT molecular complexity index is 1280. The molecule has 1 atom stereocenters. The molecule has 0 aliphatic heterocycles. The number of nitrogens with zero attached hydrogens (tertiary/aromatic N) is 5. The van der Waals surface area contributed by atoms with Crippen LogP contribution in [-0.4, -0.2) is 30.5 Å². The van der Waals surface area contributed by atoms with E-state index in [1.54, 1.807) is 0 Å². The van der Waals surface area contributed by atoms with Gasteiger partial charge in [-0.05, 0) is 51.8 Å². The number of hydrogen-bond acceptors (Lipinski definition) is 4. The van der Waals surface area contributed by atoms with Gasteiger partial charge >= 0.3 is 0 Å². The number of benzene rings is 1. The second-order valence-corrected chi connectivity index (χ2v) is 8.40. The maximum Gasteiger partial charge on any atom is 0.252 e. The lowest BCUT2D eigenvalue weighted by Crippen LogP contribution is -2.27. The van der Waals surface area contributed by atoms with Gasteiger partial charge in [-0.3, -0.25) is 9.48 Å². The molecule has 7 heteroatoms. The van der Waals surface area contributed by atoms with E-state index in [-0.39, 0.29) is 11.9 Å². The maximum atomic E-state index is 13.5. The van der Waals surface area contributed by atoms with Gasteiger partial charge in [-0.2, -0.15) is 10.2 Å². The van der Waals surface area contributed by atoms with Crippen LogP contribution in [-0.2, 0) is 7.05 Å². The van der Waals surface area contributed by atoms with E-state index < -0.39 is 0 Å². The van der Waals surface area contributed by atoms with E-state index in [2.05, 4.69) is 10.4 Å². The lowest BCUT2D eigenvalue weighted by atomic mass is 10.1. The van der Waals surface area contributed by atoms with Crippen LogP contribution in [0.5, 0.6) is 0 Å². The fourth-order valence-corrected chi connectivity index (χ4v) is 4.12. The molecular weight excluding hydrogens is 388 g/mol. The number of rotatable bonds is 5. The lowest BCUT2D eigenvalue weighted by molar-refractivity contribution is 0.0941. The topological polar surface area (TPSA) is 77.6 Å². The summed E-state index contributed by atoms with van der Waals surface area (Å²) in [5.74, 6) is 0.314. The van der Waals surface area contributed by atoms with Gasteiger partial charge in [0.25, 0.3) is 5.91 Å². The van der Waals surface area contributed by atoms with Crippen LogP contribution in [0.3, 0.4) is 0 Å². The molecule has 0 unspecified atom stereocenters. The minimum Gasteiger partial charge on any atom is -0.345 e. The zero-order chi connectivity index (χ0) is 21.7. The monoisotopic (exact) mass is 414 g/mol. The number of nitrogens with one attached hydrogen (secondary N) is 1. The van der Waals surface area contributed by atoms with E-state index in [1.807, 2.05) is 79.8 Å². The maximum absolute atomic E-state index is 13.5. The van der Waals surface area contributed by atoms with Gasteiger partial charge in [0, 0.05) is 29.9 Å². The van der Waals surface area contributed by atoms with Gasteiger partial charge in [0.2, 0.25) is 0 Å². The van der Waals surface area contributed by atoms with Gasteiger partial charge in [-0.15, -0.1) is 0 Å². The molecule has 1 saturated carbocycles. The van der Waals surface area contributed by atoms with E-state index in [9.17, 15) is 4.79 Å². The summed E-state index contributed by atoms with van der Waals surface area (Å²) in [5.41, 5.74) is 6.14. The van der Waals surface area contributed by atoms with Crippen LogP contribution >= 0.6 is 0 Å². The Morgan fingerprint density at radius 1 is 1.19 bits per heavy atom. The average molecular weight is 415 g/mol. The highest BCUT2D eigenvalue weighted by Gasteiger charge is 2.29. The first kappa shape index (κ1) is 19.5. The molecule has 1 aromatic carbocycles. The largest absolute Gasteiger partial charge is 0.345 e. The Morgan fingerprint density at radius 2 is 1.94 bits per heavy atom. The number of carbonyl (C=O) groups is 1. The minimum atomic E-state index is -0.154. The molecule has 1 aliphatic rings. The molecule has 0 spiro atoms. The number of carbonyl (C=O) groups excluding carboxylic acids is 1. The lowest BCUT2D eigenvalue weighted by Gasteiger charge is -2.15. The number of aryl methyl sites for hydroxylation is 2. The molecule has 4 aromatic rings. The SMILES string of the molecule is Cc1nn(-c2ccccc2)c2nc(C3CC3)cc(C(=O)N[C@@H](C)c3cnn(C)c3C)c12. The van der Waals surface area contributed by atoms with Crippen LogP contribution in [0.25, 0.3) is 16.7 Å². The molecule has 0 radical (unpaired) electrons. The van der Waals surface area contributed by atoms with Gasteiger partial charge in [0.05, 0.1) is 34.6 Å². The Labute approximate surface area is 181 Å². The van der Waals surface area contributed by atoms with Gasteiger partial charge in [-0.1, -0.05) is 18.2 Å². The fraction of sp³-hybridized carbons (Fsp3) is 0.333. The Hall–Kier alpha value is -3.48. The first-order valence-corrected chi connectivity index (χ1v) is 10.7. The Kier molecular flexibility index (Phi) is 4.61. The predicted octanol–water partition coefficient (Wildman–Crippen LogP) is 4.14. The van der Waals surface area contributed by atoms with Gasteiger partial charge in [-0.25, -0.2) is 9.67 Å². The third kappa shape index (κ3) is 3.40. The Balaban J connectivity index is 1.60. The summed E-state index contributed by atoms with van der Waals surface area (Å²) in [6, 6.07) is 11.8. The molecule has 0 saturated heterocycles. The van der Waals surface area contributed by atoms with Crippen molar-refractivity contribution in [2.75, 3.05) is 0 Å². The van der Waals surface area contributed by atoms with E-state index >= 15 is 0 Å². The first-order valence-electron chi connectivity index (χ1n) is 10.7. The standard InChI is InChI=1S/C24H26N6O/c1-14(20-13-25-29(4)16(20)3)26-24(31)19-12-21(17-10-11-17)27-23-22(19)15(2)28-30(23)18-8-6-5-7-9-18/h5-9,12-14,17H,10-11H2,1-4H3,(H,26,31)/t14-/m0/s1. The minimum absolute atomic E-state index is 0.110. The van der Waals surface area contributed by atoms with Gasteiger partial charge < -0.3 is 5.32 Å². The van der Waals surface area contributed by atoms with Crippen LogP contribution in [0.2, 0.25) is 0 Å². The van der Waals surface area contributed by atoms with Crippen molar-refractivity contribution in [3.05, 3.63) is 70.8 Å². The van der Waals surface area contributed by atoms with Crippen LogP contribution < -0.4 is 5.32 Å². The molecule has 31 heavy (non-hydrogen) atoms.